The van der Waals surface area contributed by atoms with Crippen LogP contribution in [0.15, 0.2) is 0 Å². The van der Waals surface area contributed by atoms with E-state index >= 15 is 0 Å². The number of rotatable bonds is 11. The minimum atomic E-state index is -4.06. The highest BCUT2D eigenvalue weighted by atomic mass is 19.4. The lowest BCUT2D eigenvalue weighted by Crippen LogP contribution is -2.09. The largest absolute Gasteiger partial charge is 0.389 e. The summed E-state index contributed by atoms with van der Waals surface area (Å²) in [7, 11) is 0. The van der Waals surface area contributed by atoms with Gasteiger partial charge in [0.1, 0.15) is 0 Å². The summed E-state index contributed by atoms with van der Waals surface area (Å²) in [5, 5.41) is 0. The molecule has 0 saturated carbocycles. The minimum Gasteiger partial charge on any atom is -0.381 e. The molecule has 0 aliphatic carbocycles. The fourth-order valence-electron chi connectivity index (χ4n) is 1.23. The zero-order valence-corrected chi connectivity index (χ0v) is 10.5. The molecule has 0 radical (unpaired) electrons. The Morgan fingerprint density at radius 1 is 0.765 bits per heavy atom. The third-order valence-corrected chi connectivity index (χ3v) is 2.22. The van der Waals surface area contributed by atoms with Crippen molar-refractivity contribution in [1.82, 2.24) is 0 Å². The lowest BCUT2D eigenvalue weighted by atomic mass is 10.3. The van der Waals surface area contributed by atoms with Gasteiger partial charge in [-0.3, -0.25) is 0 Å². The van der Waals surface area contributed by atoms with Crippen molar-refractivity contribution in [3.8, 4) is 0 Å². The quantitative estimate of drug-likeness (QED) is 0.521. The van der Waals surface area contributed by atoms with Gasteiger partial charge in [-0.05, 0) is 25.7 Å². The number of alkyl halides is 3. The second-order valence-corrected chi connectivity index (χ2v) is 4.00. The minimum absolute atomic E-state index is 0.0521. The molecule has 0 aromatic carbocycles. The van der Waals surface area contributed by atoms with Crippen LogP contribution in [-0.4, -0.2) is 32.6 Å². The molecule has 5 heteroatoms. The van der Waals surface area contributed by atoms with E-state index in [9.17, 15) is 13.2 Å². The summed E-state index contributed by atoms with van der Waals surface area (Å²) < 4.78 is 45.7. The van der Waals surface area contributed by atoms with Gasteiger partial charge in [0.2, 0.25) is 0 Å². The molecule has 0 bridgehead atoms. The van der Waals surface area contributed by atoms with Gasteiger partial charge in [-0.1, -0.05) is 13.3 Å². The van der Waals surface area contributed by atoms with E-state index in [0.717, 1.165) is 32.3 Å². The highest BCUT2D eigenvalue weighted by Gasteiger charge is 2.25. The molecule has 0 aliphatic heterocycles. The molecule has 0 spiro atoms. The molecule has 17 heavy (non-hydrogen) atoms. The third-order valence-electron chi connectivity index (χ3n) is 2.22. The van der Waals surface area contributed by atoms with E-state index in [1.165, 1.54) is 0 Å². The van der Waals surface area contributed by atoms with Crippen molar-refractivity contribution in [3.05, 3.63) is 0 Å². The van der Waals surface area contributed by atoms with Crippen LogP contribution >= 0.6 is 0 Å². The monoisotopic (exact) mass is 256 g/mol. The summed E-state index contributed by atoms with van der Waals surface area (Å²) in [5.74, 6) is 0. The molecule has 0 N–H and O–H groups in total. The highest BCUT2D eigenvalue weighted by molar-refractivity contribution is 4.49. The van der Waals surface area contributed by atoms with Crippen molar-refractivity contribution in [2.75, 3.05) is 26.4 Å². The topological polar surface area (TPSA) is 18.5 Å². The molecule has 2 nitrogen and oxygen atoms in total. The number of ether oxygens (including phenoxy) is 2. The zero-order valence-electron chi connectivity index (χ0n) is 10.5. The lowest BCUT2D eigenvalue weighted by Gasteiger charge is -2.07. The average Bonchev–Trinajstić information content (AvgIpc) is 2.24. The molecular weight excluding hydrogens is 233 g/mol. The van der Waals surface area contributed by atoms with Gasteiger partial charge in [0.05, 0.1) is 0 Å². The van der Waals surface area contributed by atoms with Crippen LogP contribution in [0.3, 0.4) is 0 Å². The second-order valence-electron chi connectivity index (χ2n) is 4.00. The maximum absolute atomic E-state index is 11.8. The number of unbranched alkanes of at least 4 members (excludes halogenated alkanes) is 2. The summed E-state index contributed by atoms with van der Waals surface area (Å²) in [4.78, 5) is 0. The first-order valence-electron chi connectivity index (χ1n) is 6.28. The molecule has 0 aromatic heterocycles. The fraction of sp³-hybridized carbons (Fsp3) is 1.00. The van der Waals surface area contributed by atoms with Crippen molar-refractivity contribution >= 4 is 0 Å². The lowest BCUT2D eigenvalue weighted by molar-refractivity contribution is -0.137. The Labute approximate surface area is 101 Å². The number of hydrogen-bond donors (Lipinski definition) is 0. The van der Waals surface area contributed by atoms with Crippen molar-refractivity contribution in [2.24, 2.45) is 0 Å². The highest BCUT2D eigenvalue weighted by Crippen LogP contribution is 2.20. The second kappa shape index (κ2) is 10.8. The molecule has 0 heterocycles. The Bertz CT molecular complexity index is 160. The molecule has 0 saturated heterocycles. The number of halogens is 3. The maximum Gasteiger partial charge on any atom is 0.389 e. The molecule has 104 valence electrons. The van der Waals surface area contributed by atoms with Gasteiger partial charge in [0.25, 0.3) is 0 Å². The molecule has 0 fully saturated rings. The normalized spacial score (nSPS) is 12.0. The summed E-state index contributed by atoms with van der Waals surface area (Å²) in [6.45, 7) is 4.33. The van der Waals surface area contributed by atoms with E-state index in [0.29, 0.717) is 13.2 Å². The summed E-state index contributed by atoms with van der Waals surface area (Å²) in [6, 6.07) is 0. The van der Waals surface area contributed by atoms with Gasteiger partial charge < -0.3 is 9.47 Å². The molecular formula is C12H23F3O2. The summed E-state index contributed by atoms with van der Waals surface area (Å²) in [6.07, 6.45) is -0.808. The molecule has 0 rings (SSSR count). The summed E-state index contributed by atoms with van der Waals surface area (Å²) in [5.41, 5.74) is 0. The van der Waals surface area contributed by atoms with Gasteiger partial charge in [-0.2, -0.15) is 13.2 Å². The predicted octanol–water partition coefficient (Wildman–Crippen LogP) is 3.94. The van der Waals surface area contributed by atoms with Gasteiger partial charge in [0, 0.05) is 32.8 Å². The van der Waals surface area contributed by atoms with E-state index < -0.39 is 12.6 Å². The van der Waals surface area contributed by atoms with Crippen molar-refractivity contribution in [1.29, 1.82) is 0 Å². The van der Waals surface area contributed by atoms with Crippen LogP contribution in [0.5, 0.6) is 0 Å². The van der Waals surface area contributed by atoms with Crippen molar-refractivity contribution in [2.45, 2.75) is 51.6 Å². The summed E-state index contributed by atoms with van der Waals surface area (Å²) >= 11 is 0. The van der Waals surface area contributed by atoms with Gasteiger partial charge in [-0.15, -0.1) is 0 Å². The van der Waals surface area contributed by atoms with Crippen LogP contribution in [0.25, 0.3) is 0 Å². The van der Waals surface area contributed by atoms with Crippen LogP contribution in [-0.2, 0) is 9.47 Å². The first-order valence-corrected chi connectivity index (χ1v) is 6.28. The van der Waals surface area contributed by atoms with Crippen LogP contribution in [0, 0.1) is 0 Å². The fourth-order valence-corrected chi connectivity index (χ4v) is 1.23. The first kappa shape index (κ1) is 16.7. The average molecular weight is 256 g/mol. The number of hydrogen-bond acceptors (Lipinski definition) is 2. The van der Waals surface area contributed by atoms with Crippen LogP contribution in [0.4, 0.5) is 13.2 Å². The first-order chi connectivity index (χ1) is 8.06. The van der Waals surface area contributed by atoms with E-state index in [1.54, 1.807) is 0 Å². The van der Waals surface area contributed by atoms with Gasteiger partial charge >= 0.3 is 6.18 Å². The van der Waals surface area contributed by atoms with Gasteiger partial charge in [-0.25, -0.2) is 0 Å². The predicted molar refractivity (Wildman–Crippen MR) is 61.1 cm³/mol. The van der Waals surface area contributed by atoms with E-state index in [2.05, 4.69) is 6.92 Å². The Morgan fingerprint density at radius 2 is 1.24 bits per heavy atom. The van der Waals surface area contributed by atoms with Crippen LogP contribution in [0.1, 0.15) is 45.4 Å². The Kier molecular flexibility index (Phi) is 10.7. The SMILES string of the molecule is CCCCOCCCCOCCCC(F)(F)F. The Morgan fingerprint density at radius 3 is 1.71 bits per heavy atom. The molecule has 0 atom stereocenters. The maximum atomic E-state index is 11.8. The van der Waals surface area contributed by atoms with E-state index in [1.807, 2.05) is 0 Å². The van der Waals surface area contributed by atoms with Crippen molar-refractivity contribution < 1.29 is 22.6 Å². The Balaban J connectivity index is 2.99. The molecule has 0 aliphatic rings. The molecule has 0 unspecified atom stereocenters. The molecule has 0 amide bonds. The Hall–Kier alpha value is -0.290. The smallest absolute Gasteiger partial charge is 0.381 e. The standard InChI is InChI=1S/C12H23F3O2/c1-2-3-8-16-9-4-5-10-17-11-6-7-12(13,14)15/h2-11H2,1H3. The third kappa shape index (κ3) is 15.7. The van der Waals surface area contributed by atoms with E-state index in [-0.39, 0.29) is 13.0 Å². The van der Waals surface area contributed by atoms with Crippen molar-refractivity contribution in [3.63, 3.8) is 0 Å². The van der Waals surface area contributed by atoms with Crippen LogP contribution < -0.4 is 0 Å². The van der Waals surface area contributed by atoms with Crippen LogP contribution in [0.2, 0.25) is 0 Å². The molecule has 0 aromatic rings. The van der Waals surface area contributed by atoms with E-state index in [4.69, 9.17) is 9.47 Å². The van der Waals surface area contributed by atoms with Gasteiger partial charge in [0.15, 0.2) is 0 Å². The zero-order chi connectivity index (χ0) is 13.0.